The molecule has 0 unspecified atom stereocenters. The Morgan fingerprint density at radius 3 is 2.80 bits per heavy atom. The van der Waals surface area contributed by atoms with Gasteiger partial charge >= 0.3 is 5.97 Å². The van der Waals surface area contributed by atoms with Crippen molar-refractivity contribution in [1.29, 1.82) is 0 Å². The molecule has 0 aromatic carbocycles. The molecule has 1 aromatic heterocycles. The summed E-state index contributed by atoms with van der Waals surface area (Å²) in [4.78, 5) is 28.4. The molecule has 1 rings (SSSR count). The van der Waals surface area contributed by atoms with E-state index in [-0.39, 0.29) is 17.8 Å². The molecule has 106 valence electrons. The van der Waals surface area contributed by atoms with Gasteiger partial charge in [0.05, 0.1) is 0 Å². The Morgan fingerprint density at radius 2 is 2.30 bits per heavy atom. The Kier molecular flexibility index (Phi) is 5.52. The maximum absolute atomic E-state index is 13.1. The molecule has 0 bridgehead atoms. The lowest BCUT2D eigenvalue weighted by Gasteiger charge is -2.07. The number of hydrogen-bond acceptors (Lipinski definition) is 4. The van der Waals surface area contributed by atoms with Crippen LogP contribution in [0.4, 0.5) is 8.92 Å². The molecule has 7 heteroatoms. The van der Waals surface area contributed by atoms with E-state index in [0.29, 0.717) is 11.9 Å². The summed E-state index contributed by atoms with van der Waals surface area (Å²) in [6, 6.07) is 1.17. The number of halogens is 2. The van der Waals surface area contributed by atoms with Crippen LogP contribution in [0.5, 0.6) is 0 Å². The molecule has 20 heavy (non-hydrogen) atoms. The predicted molar refractivity (Wildman–Crippen MR) is 69.1 cm³/mol. The number of hydrogen-bond donors (Lipinski definition) is 0. The number of allylic oxidation sites excluding steroid dienone is 3. The van der Waals surface area contributed by atoms with Gasteiger partial charge in [0.15, 0.2) is 6.29 Å². The van der Waals surface area contributed by atoms with Crippen LogP contribution in [0.1, 0.15) is 20.8 Å². The van der Waals surface area contributed by atoms with Crippen molar-refractivity contribution in [1.82, 2.24) is 4.57 Å². The maximum Gasteiger partial charge on any atom is 0.395 e. The summed E-state index contributed by atoms with van der Waals surface area (Å²) in [5.41, 5.74) is 0.378. The van der Waals surface area contributed by atoms with Gasteiger partial charge in [0.1, 0.15) is 5.69 Å². The van der Waals surface area contributed by atoms with E-state index in [1.54, 1.807) is 0 Å². The Labute approximate surface area is 113 Å². The first-order valence-electron chi connectivity index (χ1n) is 5.49. The predicted octanol–water partition coefficient (Wildman–Crippen LogP) is 2.45. The van der Waals surface area contributed by atoms with Gasteiger partial charge in [-0.1, -0.05) is 12.7 Å². The molecule has 0 saturated heterocycles. The van der Waals surface area contributed by atoms with E-state index in [1.165, 1.54) is 30.0 Å². The normalized spacial score (nSPS) is 12.2. The summed E-state index contributed by atoms with van der Waals surface area (Å²) in [5.74, 6) is -1.97. The van der Waals surface area contributed by atoms with Crippen molar-refractivity contribution < 1.29 is 23.4 Å². The number of aliphatic imine (C=N–C) groups is 1. The SMILES string of the molecule is C=C/C(=C\C(F)=NC)Cn1cc(C=O)cc1C(=O)OF. The van der Waals surface area contributed by atoms with E-state index in [9.17, 15) is 18.5 Å². The van der Waals surface area contributed by atoms with Crippen LogP contribution in [0, 0.1) is 0 Å². The molecule has 0 saturated carbocycles. The lowest BCUT2D eigenvalue weighted by Crippen LogP contribution is -2.10. The van der Waals surface area contributed by atoms with Crippen molar-refractivity contribution in [2.24, 2.45) is 4.99 Å². The van der Waals surface area contributed by atoms with Crippen molar-refractivity contribution in [3.8, 4) is 0 Å². The van der Waals surface area contributed by atoms with Crippen LogP contribution >= 0.6 is 0 Å². The van der Waals surface area contributed by atoms with Gasteiger partial charge in [-0.3, -0.25) is 9.79 Å². The molecule has 1 heterocycles. The third-order valence-electron chi connectivity index (χ3n) is 2.47. The minimum atomic E-state index is -1.24. The second-order valence-electron chi connectivity index (χ2n) is 3.74. The minimum absolute atomic E-state index is 0.00468. The molecule has 0 radical (unpaired) electrons. The average Bonchev–Trinajstić information content (AvgIpc) is 2.88. The number of rotatable bonds is 6. The minimum Gasteiger partial charge on any atom is -0.337 e. The molecule has 0 fully saturated rings. The summed E-state index contributed by atoms with van der Waals surface area (Å²) in [6.07, 6.45) is 4.28. The molecule has 0 atom stereocenters. The molecule has 1 aromatic rings. The highest BCUT2D eigenvalue weighted by Crippen LogP contribution is 2.13. The molecule has 0 aliphatic rings. The average molecular weight is 282 g/mol. The van der Waals surface area contributed by atoms with E-state index in [0.717, 1.165) is 6.08 Å². The largest absolute Gasteiger partial charge is 0.395 e. The van der Waals surface area contributed by atoms with Gasteiger partial charge in [-0.15, -0.1) is 0 Å². The van der Waals surface area contributed by atoms with Crippen LogP contribution in [0.15, 0.2) is 41.6 Å². The first-order chi connectivity index (χ1) is 9.55. The highest BCUT2D eigenvalue weighted by molar-refractivity contribution is 5.90. The van der Waals surface area contributed by atoms with E-state index in [2.05, 4.69) is 16.5 Å². The summed E-state index contributed by atoms with van der Waals surface area (Å²) in [5, 5.41) is 0. The smallest absolute Gasteiger partial charge is 0.337 e. The van der Waals surface area contributed by atoms with E-state index in [4.69, 9.17) is 0 Å². The second kappa shape index (κ2) is 7.13. The third kappa shape index (κ3) is 3.71. The fourth-order valence-corrected chi connectivity index (χ4v) is 1.52. The number of nitrogens with zero attached hydrogens (tertiary/aromatic N) is 2. The topological polar surface area (TPSA) is 60.7 Å². The summed E-state index contributed by atoms with van der Waals surface area (Å²) in [6.45, 7) is 3.51. The highest BCUT2D eigenvalue weighted by atomic mass is 19.3. The summed E-state index contributed by atoms with van der Waals surface area (Å²) in [7, 11) is 1.28. The van der Waals surface area contributed by atoms with Crippen molar-refractivity contribution in [2.45, 2.75) is 6.54 Å². The van der Waals surface area contributed by atoms with Crippen LogP contribution in [-0.4, -0.2) is 29.8 Å². The zero-order valence-corrected chi connectivity index (χ0v) is 10.7. The van der Waals surface area contributed by atoms with Gasteiger partial charge in [0.2, 0.25) is 5.97 Å². The monoisotopic (exact) mass is 282 g/mol. The van der Waals surface area contributed by atoms with Crippen molar-refractivity contribution in [3.05, 3.63) is 47.8 Å². The van der Waals surface area contributed by atoms with Gasteiger partial charge in [-0.25, -0.2) is 9.74 Å². The fourth-order valence-electron chi connectivity index (χ4n) is 1.52. The lowest BCUT2D eigenvalue weighted by molar-refractivity contribution is -0.0796. The van der Waals surface area contributed by atoms with Crippen molar-refractivity contribution in [3.63, 3.8) is 0 Å². The van der Waals surface area contributed by atoms with Crippen molar-refractivity contribution in [2.75, 3.05) is 7.05 Å². The summed E-state index contributed by atoms with van der Waals surface area (Å²) < 4.78 is 26.3. The van der Waals surface area contributed by atoms with Gasteiger partial charge in [0.25, 0.3) is 0 Å². The number of aldehydes is 1. The molecular formula is C13H12F2N2O3. The van der Waals surface area contributed by atoms with Crippen molar-refractivity contribution >= 4 is 18.2 Å². The molecule has 0 spiro atoms. The van der Waals surface area contributed by atoms with Crippen LogP contribution in [0.3, 0.4) is 0 Å². The molecule has 0 N–H and O–H groups in total. The van der Waals surface area contributed by atoms with E-state index >= 15 is 0 Å². The number of aromatic nitrogens is 1. The standard InChI is InChI=1S/C13H12F2N2O3/c1-3-9(5-12(14)16-2)6-17-7-10(8-18)4-11(17)13(19)20-15/h3-5,7-8H,1,6H2,2H3/b9-5+,16-12?. The Balaban J connectivity index is 3.15. The lowest BCUT2D eigenvalue weighted by atomic mass is 10.2. The van der Waals surface area contributed by atoms with E-state index in [1.807, 2.05) is 0 Å². The fraction of sp³-hybridized carbons (Fsp3) is 0.154. The molecule has 0 aliphatic carbocycles. The van der Waals surface area contributed by atoms with E-state index < -0.39 is 11.9 Å². The molecular weight excluding hydrogens is 270 g/mol. The maximum atomic E-state index is 13.1. The van der Waals surface area contributed by atoms with Crippen LogP contribution in [-0.2, 0) is 11.5 Å². The Hall–Kier alpha value is -2.57. The number of carbonyl (C=O) groups is 2. The first-order valence-corrected chi connectivity index (χ1v) is 5.49. The van der Waals surface area contributed by atoms with Gasteiger partial charge in [-0.2, -0.15) is 4.39 Å². The highest BCUT2D eigenvalue weighted by Gasteiger charge is 2.16. The van der Waals surface area contributed by atoms with Crippen LogP contribution in [0.2, 0.25) is 0 Å². The van der Waals surface area contributed by atoms with Crippen LogP contribution in [0.25, 0.3) is 0 Å². The second-order valence-corrected chi connectivity index (χ2v) is 3.74. The zero-order chi connectivity index (χ0) is 15.1. The summed E-state index contributed by atoms with van der Waals surface area (Å²) >= 11 is 0. The first kappa shape index (κ1) is 15.5. The quantitative estimate of drug-likeness (QED) is 0.457. The zero-order valence-electron chi connectivity index (χ0n) is 10.7. The van der Waals surface area contributed by atoms with Gasteiger partial charge in [0, 0.05) is 29.9 Å². The van der Waals surface area contributed by atoms with Crippen LogP contribution < -0.4 is 0 Å². The Bertz CT molecular complexity index is 588. The molecule has 0 amide bonds. The molecule has 5 nitrogen and oxygen atoms in total. The van der Waals surface area contributed by atoms with Gasteiger partial charge < -0.3 is 4.57 Å². The number of carbonyl (C=O) groups excluding carboxylic acids is 2. The third-order valence-corrected chi connectivity index (χ3v) is 2.47. The molecule has 0 aliphatic heterocycles. The van der Waals surface area contributed by atoms with Gasteiger partial charge in [-0.05, 0) is 17.7 Å². The Morgan fingerprint density at radius 1 is 1.60 bits per heavy atom.